The molecular weight excluding hydrogens is 424 g/mol. The van der Waals surface area contributed by atoms with Gasteiger partial charge in [-0.15, -0.1) is 0 Å². The fourth-order valence-electron chi connectivity index (χ4n) is 3.43. The number of anilines is 1. The highest BCUT2D eigenvalue weighted by Crippen LogP contribution is 2.17. The van der Waals surface area contributed by atoms with E-state index < -0.39 is 21.1 Å². The molecule has 0 aliphatic carbocycles. The van der Waals surface area contributed by atoms with Crippen molar-refractivity contribution in [2.24, 2.45) is 7.05 Å². The molecule has 0 radical (unpaired) electrons. The van der Waals surface area contributed by atoms with Crippen molar-refractivity contribution in [3.63, 3.8) is 0 Å². The Balaban J connectivity index is 1.90. The third-order valence-corrected chi connectivity index (χ3v) is 6.33. The first kappa shape index (κ1) is 22.6. The Morgan fingerprint density at radius 1 is 1.06 bits per heavy atom. The third-order valence-electron chi connectivity index (χ3n) is 5.20. The van der Waals surface area contributed by atoms with Gasteiger partial charge in [-0.2, -0.15) is 0 Å². The van der Waals surface area contributed by atoms with Crippen molar-refractivity contribution in [3.05, 3.63) is 56.7 Å². The van der Waals surface area contributed by atoms with Crippen LogP contribution in [0.4, 0.5) is 10.6 Å². The number of rotatable bonds is 5. The van der Waals surface area contributed by atoms with E-state index in [4.69, 9.17) is 4.74 Å². The zero-order valence-corrected chi connectivity index (χ0v) is 18.6. The van der Waals surface area contributed by atoms with Crippen LogP contribution in [-0.4, -0.2) is 67.6 Å². The number of nitrogens with zero attached hydrogens (tertiary/aromatic N) is 4. The van der Waals surface area contributed by atoms with Crippen molar-refractivity contribution in [1.29, 1.82) is 0 Å². The Morgan fingerprint density at radius 2 is 1.68 bits per heavy atom. The van der Waals surface area contributed by atoms with Gasteiger partial charge in [0.15, 0.2) is 9.84 Å². The molecule has 168 valence electrons. The molecule has 0 unspecified atom stereocenters. The zero-order chi connectivity index (χ0) is 22.8. The monoisotopic (exact) mass is 450 g/mol. The van der Waals surface area contributed by atoms with Gasteiger partial charge in [-0.3, -0.25) is 13.9 Å². The maximum atomic E-state index is 12.9. The number of hydrogen-bond acceptors (Lipinski definition) is 7. The molecule has 1 amide bonds. The number of carbonyl (C=O) groups is 1. The normalized spacial score (nSPS) is 14.5. The van der Waals surface area contributed by atoms with Gasteiger partial charge in [0.1, 0.15) is 5.82 Å². The SMILES string of the molecule is CCOC(=O)N1CCN(c2cc(=O)n(C)c(=O)n2Cc2ccc(S(C)(=O)=O)cc2)CC1. The van der Waals surface area contributed by atoms with Crippen LogP contribution < -0.4 is 16.1 Å². The van der Waals surface area contributed by atoms with Crippen LogP contribution in [0.3, 0.4) is 0 Å². The number of carbonyl (C=O) groups excluding carboxylic acids is 1. The van der Waals surface area contributed by atoms with E-state index >= 15 is 0 Å². The molecule has 10 nitrogen and oxygen atoms in total. The molecule has 0 spiro atoms. The van der Waals surface area contributed by atoms with Gasteiger partial charge in [-0.1, -0.05) is 12.1 Å². The van der Waals surface area contributed by atoms with E-state index in [0.717, 1.165) is 16.4 Å². The number of hydrogen-bond donors (Lipinski definition) is 0. The second kappa shape index (κ2) is 8.96. The summed E-state index contributed by atoms with van der Waals surface area (Å²) in [6.07, 6.45) is 0.752. The summed E-state index contributed by atoms with van der Waals surface area (Å²) in [5.74, 6) is 0.462. The summed E-state index contributed by atoms with van der Waals surface area (Å²) in [5, 5.41) is 0. The number of benzene rings is 1. The van der Waals surface area contributed by atoms with Gasteiger partial charge in [-0.25, -0.2) is 18.0 Å². The standard InChI is InChI=1S/C20H26N4O6S/c1-4-30-20(27)23-11-9-22(10-12-23)17-13-18(25)21(2)19(26)24(17)14-15-5-7-16(8-6-15)31(3,28)29/h5-8,13H,4,9-12,14H2,1-3H3. The number of aromatic nitrogens is 2. The highest BCUT2D eigenvalue weighted by atomic mass is 32.2. The number of sulfone groups is 1. The Kier molecular flexibility index (Phi) is 6.54. The molecule has 0 N–H and O–H groups in total. The summed E-state index contributed by atoms with van der Waals surface area (Å²) in [5.41, 5.74) is -0.168. The molecule has 3 rings (SSSR count). The number of ether oxygens (including phenoxy) is 1. The maximum absolute atomic E-state index is 12.9. The summed E-state index contributed by atoms with van der Waals surface area (Å²) in [4.78, 5) is 40.8. The quantitative estimate of drug-likeness (QED) is 0.643. The molecule has 2 aromatic rings. The predicted molar refractivity (Wildman–Crippen MR) is 115 cm³/mol. The summed E-state index contributed by atoms with van der Waals surface area (Å²) in [6, 6.07) is 7.70. The number of piperazine rings is 1. The predicted octanol–water partition coefficient (Wildman–Crippen LogP) is 0.277. The van der Waals surface area contributed by atoms with Gasteiger partial charge < -0.3 is 14.5 Å². The first-order valence-corrected chi connectivity index (χ1v) is 11.8. The van der Waals surface area contributed by atoms with E-state index in [0.29, 0.717) is 38.6 Å². The summed E-state index contributed by atoms with van der Waals surface area (Å²) in [7, 11) is -1.91. The average Bonchev–Trinajstić information content (AvgIpc) is 2.74. The van der Waals surface area contributed by atoms with Crippen molar-refractivity contribution >= 4 is 21.7 Å². The number of amides is 1. The van der Waals surface area contributed by atoms with Gasteiger partial charge in [0, 0.05) is 45.5 Å². The minimum atomic E-state index is -3.32. The zero-order valence-electron chi connectivity index (χ0n) is 17.8. The average molecular weight is 451 g/mol. The lowest BCUT2D eigenvalue weighted by Gasteiger charge is -2.36. The van der Waals surface area contributed by atoms with Crippen LogP contribution in [0.2, 0.25) is 0 Å². The molecule has 1 saturated heterocycles. The minimum absolute atomic E-state index is 0.171. The fraction of sp³-hybridized carbons (Fsp3) is 0.450. The smallest absolute Gasteiger partial charge is 0.409 e. The van der Waals surface area contributed by atoms with Crippen molar-refractivity contribution < 1.29 is 17.9 Å². The van der Waals surface area contributed by atoms with Crippen LogP contribution >= 0.6 is 0 Å². The highest BCUT2D eigenvalue weighted by molar-refractivity contribution is 7.90. The molecule has 0 saturated carbocycles. The Hall–Kier alpha value is -3.08. The van der Waals surface area contributed by atoms with Gasteiger partial charge in [-0.05, 0) is 24.6 Å². The second-order valence-electron chi connectivity index (χ2n) is 7.36. The molecule has 11 heteroatoms. The van der Waals surface area contributed by atoms with Crippen LogP contribution in [0.1, 0.15) is 12.5 Å². The Morgan fingerprint density at radius 3 is 2.23 bits per heavy atom. The fourth-order valence-corrected chi connectivity index (χ4v) is 4.06. The lowest BCUT2D eigenvalue weighted by atomic mass is 10.2. The molecule has 1 aromatic heterocycles. The van der Waals surface area contributed by atoms with Crippen LogP contribution in [0, 0.1) is 0 Å². The van der Waals surface area contributed by atoms with E-state index in [9.17, 15) is 22.8 Å². The molecule has 1 fully saturated rings. The van der Waals surface area contributed by atoms with E-state index in [1.807, 2.05) is 4.90 Å². The first-order valence-electron chi connectivity index (χ1n) is 9.88. The summed E-state index contributed by atoms with van der Waals surface area (Å²) >= 11 is 0. The van der Waals surface area contributed by atoms with Crippen LogP contribution in [0.25, 0.3) is 0 Å². The molecule has 2 heterocycles. The van der Waals surface area contributed by atoms with Crippen molar-refractivity contribution in [1.82, 2.24) is 14.0 Å². The lowest BCUT2D eigenvalue weighted by molar-refractivity contribution is 0.105. The molecule has 31 heavy (non-hydrogen) atoms. The van der Waals surface area contributed by atoms with Gasteiger partial charge in [0.25, 0.3) is 5.56 Å². The molecule has 1 aliphatic heterocycles. The Labute approximate surface area is 180 Å². The topological polar surface area (TPSA) is 111 Å². The van der Waals surface area contributed by atoms with E-state index in [1.165, 1.54) is 29.8 Å². The lowest BCUT2D eigenvalue weighted by Crippen LogP contribution is -2.51. The van der Waals surface area contributed by atoms with Crippen LogP contribution in [0.15, 0.2) is 44.8 Å². The van der Waals surface area contributed by atoms with Crippen molar-refractivity contribution in [3.8, 4) is 0 Å². The summed E-state index contributed by atoms with van der Waals surface area (Å²) in [6.45, 7) is 3.92. The van der Waals surface area contributed by atoms with E-state index in [-0.39, 0.29) is 17.5 Å². The van der Waals surface area contributed by atoms with Gasteiger partial charge >= 0.3 is 11.8 Å². The largest absolute Gasteiger partial charge is 0.450 e. The second-order valence-corrected chi connectivity index (χ2v) is 9.37. The molecular formula is C20H26N4O6S. The van der Waals surface area contributed by atoms with Crippen molar-refractivity contribution in [2.75, 3.05) is 43.9 Å². The maximum Gasteiger partial charge on any atom is 0.409 e. The first-order chi connectivity index (χ1) is 14.6. The molecule has 0 bridgehead atoms. The van der Waals surface area contributed by atoms with Crippen molar-refractivity contribution in [2.45, 2.75) is 18.4 Å². The van der Waals surface area contributed by atoms with Crippen LogP contribution in [-0.2, 0) is 28.2 Å². The van der Waals surface area contributed by atoms with Gasteiger partial charge in [0.2, 0.25) is 0 Å². The summed E-state index contributed by atoms with van der Waals surface area (Å²) < 4.78 is 30.9. The molecule has 0 atom stereocenters. The Bertz CT molecular complexity index is 1180. The third kappa shape index (κ3) is 4.98. The molecule has 1 aromatic carbocycles. The molecule has 1 aliphatic rings. The van der Waals surface area contributed by atoms with Crippen LogP contribution in [0.5, 0.6) is 0 Å². The van der Waals surface area contributed by atoms with E-state index in [1.54, 1.807) is 24.0 Å². The van der Waals surface area contributed by atoms with E-state index in [2.05, 4.69) is 0 Å². The highest BCUT2D eigenvalue weighted by Gasteiger charge is 2.24. The minimum Gasteiger partial charge on any atom is -0.450 e. The van der Waals surface area contributed by atoms with Gasteiger partial charge in [0.05, 0.1) is 18.0 Å².